The van der Waals surface area contributed by atoms with Crippen molar-refractivity contribution in [1.29, 1.82) is 0 Å². The van der Waals surface area contributed by atoms with Crippen molar-refractivity contribution in [3.8, 4) is 17.0 Å². The number of nitrogens with one attached hydrogen (secondary N) is 1. The summed E-state index contributed by atoms with van der Waals surface area (Å²) in [6, 6.07) is 23.7. The van der Waals surface area contributed by atoms with Crippen LogP contribution in [0, 0.1) is 6.92 Å². The summed E-state index contributed by atoms with van der Waals surface area (Å²) in [5.74, 6) is 0.762. The molecule has 4 aromatic rings. The van der Waals surface area contributed by atoms with Gasteiger partial charge >= 0.3 is 0 Å². The first-order chi connectivity index (χ1) is 14.7. The number of rotatable bonds is 7. The van der Waals surface area contributed by atoms with Crippen molar-refractivity contribution < 1.29 is 4.74 Å². The number of nitrogens with zero attached hydrogens (tertiary/aromatic N) is 2. The zero-order chi connectivity index (χ0) is 20.8. The number of anilines is 1. The number of thiazole rings is 1. The van der Waals surface area contributed by atoms with Gasteiger partial charge in [0.2, 0.25) is 5.13 Å². The fourth-order valence-corrected chi connectivity index (χ4v) is 3.59. The number of aromatic nitrogens is 1. The lowest BCUT2D eigenvalue weighted by atomic mass is 10.1. The number of hydrogen-bond acceptors (Lipinski definition) is 5. The number of hydrazone groups is 1. The van der Waals surface area contributed by atoms with E-state index in [9.17, 15) is 0 Å². The SMILES string of the molecule is Cc1ccc(-c2csc(N/N=C\c3ccccc3OCc3ccc(Cl)cc3)n2)cc1. The van der Waals surface area contributed by atoms with E-state index in [-0.39, 0.29) is 0 Å². The monoisotopic (exact) mass is 433 g/mol. The molecule has 0 aliphatic rings. The summed E-state index contributed by atoms with van der Waals surface area (Å²) in [6.45, 7) is 2.53. The van der Waals surface area contributed by atoms with E-state index in [4.69, 9.17) is 16.3 Å². The second-order valence-electron chi connectivity index (χ2n) is 6.73. The standard InChI is InChI=1S/C24H20ClN3OS/c1-17-6-10-19(11-7-17)22-16-30-24(27-22)28-26-14-20-4-2-3-5-23(20)29-15-18-8-12-21(25)13-9-18/h2-14,16H,15H2,1H3,(H,27,28)/b26-14-. The van der Waals surface area contributed by atoms with Gasteiger partial charge in [-0.3, -0.25) is 5.43 Å². The molecule has 0 atom stereocenters. The van der Waals surface area contributed by atoms with Crippen LogP contribution in [0.2, 0.25) is 5.02 Å². The molecule has 4 nitrogen and oxygen atoms in total. The van der Waals surface area contributed by atoms with Gasteiger partial charge in [0, 0.05) is 21.5 Å². The largest absolute Gasteiger partial charge is 0.488 e. The highest BCUT2D eigenvalue weighted by molar-refractivity contribution is 7.14. The van der Waals surface area contributed by atoms with E-state index in [0.717, 1.165) is 33.3 Å². The second kappa shape index (κ2) is 9.57. The van der Waals surface area contributed by atoms with E-state index in [1.54, 1.807) is 6.21 Å². The minimum absolute atomic E-state index is 0.460. The maximum atomic E-state index is 5.96. The molecule has 0 radical (unpaired) electrons. The topological polar surface area (TPSA) is 46.5 Å². The van der Waals surface area contributed by atoms with E-state index >= 15 is 0 Å². The Bertz CT molecular complexity index is 1140. The number of ether oxygens (including phenoxy) is 1. The van der Waals surface area contributed by atoms with Crippen molar-refractivity contribution in [2.75, 3.05) is 5.43 Å². The molecule has 0 spiro atoms. The van der Waals surface area contributed by atoms with E-state index in [0.29, 0.717) is 11.6 Å². The Hall–Kier alpha value is -3.15. The van der Waals surface area contributed by atoms with Gasteiger partial charge in [-0.2, -0.15) is 5.10 Å². The minimum Gasteiger partial charge on any atom is -0.488 e. The van der Waals surface area contributed by atoms with Crippen molar-refractivity contribution in [3.05, 3.63) is 99.9 Å². The van der Waals surface area contributed by atoms with Gasteiger partial charge in [0.05, 0.1) is 11.9 Å². The molecule has 4 rings (SSSR count). The molecule has 0 unspecified atom stereocenters. The second-order valence-corrected chi connectivity index (χ2v) is 8.02. The number of para-hydroxylation sites is 1. The lowest BCUT2D eigenvalue weighted by Crippen LogP contribution is -1.99. The molecule has 0 fully saturated rings. The van der Waals surface area contributed by atoms with Crippen LogP contribution in [0.4, 0.5) is 5.13 Å². The molecule has 0 saturated heterocycles. The molecule has 1 aromatic heterocycles. The molecule has 0 amide bonds. The van der Waals surface area contributed by atoms with Crippen LogP contribution in [-0.4, -0.2) is 11.2 Å². The number of aryl methyl sites for hydroxylation is 1. The van der Waals surface area contributed by atoms with E-state index < -0.39 is 0 Å². The fourth-order valence-electron chi connectivity index (χ4n) is 2.80. The molecule has 1 N–H and O–H groups in total. The van der Waals surface area contributed by atoms with Crippen LogP contribution in [0.15, 0.2) is 83.3 Å². The van der Waals surface area contributed by atoms with Crippen molar-refractivity contribution in [2.45, 2.75) is 13.5 Å². The van der Waals surface area contributed by atoms with Crippen LogP contribution >= 0.6 is 22.9 Å². The molecular formula is C24H20ClN3OS. The molecule has 3 aromatic carbocycles. The van der Waals surface area contributed by atoms with Crippen LogP contribution in [-0.2, 0) is 6.61 Å². The third-order valence-corrected chi connectivity index (χ3v) is 5.44. The van der Waals surface area contributed by atoms with E-state index in [1.165, 1.54) is 16.9 Å². The summed E-state index contributed by atoms with van der Waals surface area (Å²) in [4.78, 5) is 4.60. The normalized spacial score (nSPS) is 11.0. The number of hydrogen-bond donors (Lipinski definition) is 1. The summed E-state index contributed by atoms with van der Waals surface area (Å²) in [5.41, 5.74) is 8.20. The van der Waals surface area contributed by atoms with Gasteiger partial charge in [-0.15, -0.1) is 11.3 Å². The van der Waals surface area contributed by atoms with Crippen LogP contribution in [0.25, 0.3) is 11.3 Å². The summed E-state index contributed by atoms with van der Waals surface area (Å²) in [7, 11) is 0. The van der Waals surface area contributed by atoms with Crippen molar-refractivity contribution >= 4 is 34.3 Å². The Kier molecular flexibility index (Phi) is 6.42. The van der Waals surface area contributed by atoms with E-state index in [1.807, 2.05) is 53.9 Å². The fraction of sp³-hybridized carbons (Fsp3) is 0.0833. The van der Waals surface area contributed by atoms with Crippen molar-refractivity contribution in [3.63, 3.8) is 0 Å². The van der Waals surface area contributed by atoms with Gasteiger partial charge < -0.3 is 4.74 Å². The Morgan fingerprint density at radius 3 is 2.60 bits per heavy atom. The zero-order valence-electron chi connectivity index (χ0n) is 16.4. The highest BCUT2D eigenvalue weighted by Gasteiger charge is 2.05. The van der Waals surface area contributed by atoms with Gasteiger partial charge in [-0.05, 0) is 36.8 Å². The molecule has 150 valence electrons. The molecule has 0 saturated carbocycles. The lowest BCUT2D eigenvalue weighted by Gasteiger charge is -2.09. The lowest BCUT2D eigenvalue weighted by molar-refractivity contribution is 0.306. The summed E-state index contributed by atoms with van der Waals surface area (Å²) < 4.78 is 5.96. The Balaban J connectivity index is 1.40. The Morgan fingerprint density at radius 1 is 1.03 bits per heavy atom. The van der Waals surface area contributed by atoms with Gasteiger partial charge in [0.15, 0.2) is 0 Å². The number of halogens is 1. The van der Waals surface area contributed by atoms with Crippen LogP contribution in [0.5, 0.6) is 5.75 Å². The van der Waals surface area contributed by atoms with Gasteiger partial charge in [-0.25, -0.2) is 4.98 Å². The third-order valence-electron chi connectivity index (χ3n) is 4.44. The maximum Gasteiger partial charge on any atom is 0.203 e. The minimum atomic E-state index is 0.460. The summed E-state index contributed by atoms with van der Waals surface area (Å²) in [6.07, 6.45) is 1.74. The van der Waals surface area contributed by atoms with Crippen molar-refractivity contribution in [2.24, 2.45) is 5.10 Å². The van der Waals surface area contributed by atoms with Gasteiger partial charge in [0.1, 0.15) is 12.4 Å². The quantitative estimate of drug-likeness (QED) is 0.257. The molecule has 1 heterocycles. The first-order valence-corrected chi connectivity index (χ1v) is 10.7. The Morgan fingerprint density at radius 2 is 1.80 bits per heavy atom. The average Bonchev–Trinajstić information content (AvgIpc) is 3.23. The zero-order valence-corrected chi connectivity index (χ0v) is 18.0. The molecule has 30 heavy (non-hydrogen) atoms. The highest BCUT2D eigenvalue weighted by Crippen LogP contribution is 2.25. The smallest absolute Gasteiger partial charge is 0.203 e. The molecule has 6 heteroatoms. The highest BCUT2D eigenvalue weighted by atomic mass is 35.5. The third kappa shape index (κ3) is 5.26. The summed E-state index contributed by atoms with van der Waals surface area (Å²) >= 11 is 7.45. The first kappa shape index (κ1) is 20.1. The predicted octanol–water partition coefficient (Wildman–Crippen LogP) is 6.80. The Labute approximate surface area is 184 Å². The van der Waals surface area contributed by atoms with Crippen LogP contribution < -0.4 is 10.2 Å². The maximum absolute atomic E-state index is 5.96. The van der Waals surface area contributed by atoms with Gasteiger partial charge in [-0.1, -0.05) is 65.7 Å². The van der Waals surface area contributed by atoms with E-state index in [2.05, 4.69) is 46.7 Å². The molecule has 0 aliphatic carbocycles. The average molecular weight is 434 g/mol. The van der Waals surface area contributed by atoms with Crippen LogP contribution in [0.1, 0.15) is 16.7 Å². The van der Waals surface area contributed by atoms with Gasteiger partial charge in [0.25, 0.3) is 0 Å². The number of benzene rings is 3. The summed E-state index contributed by atoms with van der Waals surface area (Å²) in [5, 5.41) is 7.81. The van der Waals surface area contributed by atoms with Crippen molar-refractivity contribution in [1.82, 2.24) is 4.98 Å². The molecular weight excluding hydrogens is 414 g/mol. The van der Waals surface area contributed by atoms with Crippen LogP contribution in [0.3, 0.4) is 0 Å². The predicted molar refractivity (Wildman–Crippen MR) is 126 cm³/mol. The molecule has 0 bridgehead atoms. The first-order valence-electron chi connectivity index (χ1n) is 9.45. The molecule has 0 aliphatic heterocycles.